The van der Waals surface area contributed by atoms with E-state index >= 15 is 0 Å². The molecular formula is C10H21NO2S. The van der Waals surface area contributed by atoms with Crippen molar-refractivity contribution in [2.24, 2.45) is 0 Å². The van der Waals surface area contributed by atoms with Gasteiger partial charge in [0, 0.05) is 18.4 Å². The average molecular weight is 219 g/mol. The van der Waals surface area contributed by atoms with Crippen LogP contribution in [-0.2, 0) is 9.53 Å². The van der Waals surface area contributed by atoms with E-state index in [0.29, 0.717) is 6.61 Å². The zero-order valence-corrected chi connectivity index (χ0v) is 10.2. The van der Waals surface area contributed by atoms with Gasteiger partial charge in [-0.15, -0.1) is 0 Å². The maximum atomic E-state index is 11.2. The summed E-state index contributed by atoms with van der Waals surface area (Å²) in [6.07, 6.45) is 0.953. The average Bonchev–Trinajstić information content (AvgIpc) is 2.15. The van der Waals surface area contributed by atoms with E-state index in [-0.39, 0.29) is 18.6 Å². The molecule has 0 fully saturated rings. The largest absolute Gasteiger partial charge is 0.372 e. The van der Waals surface area contributed by atoms with Gasteiger partial charge in [-0.1, -0.05) is 13.8 Å². The lowest BCUT2D eigenvalue weighted by Gasteiger charge is -2.12. The molecule has 3 nitrogen and oxygen atoms in total. The zero-order chi connectivity index (χ0) is 10.8. The van der Waals surface area contributed by atoms with Crippen molar-refractivity contribution in [1.29, 1.82) is 0 Å². The first-order valence-corrected chi connectivity index (χ1v) is 6.31. The normalized spacial score (nSPS) is 12.5. The summed E-state index contributed by atoms with van der Waals surface area (Å²) in [5, 5.41) is 2.89. The SMILES string of the molecule is CCCOCC(=O)NC(C)CSCC. The van der Waals surface area contributed by atoms with Crippen LogP contribution in [0, 0.1) is 0 Å². The van der Waals surface area contributed by atoms with Crippen molar-refractivity contribution in [2.45, 2.75) is 33.2 Å². The summed E-state index contributed by atoms with van der Waals surface area (Å²) >= 11 is 1.83. The molecule has 0 heterocycles. The minimum Gasteiger partial charge on any atom is -0.372 e. The quantitative estimate of drug-likeness (QED) is 0.631. The van der Waals surface area contributed by atoms with E-state index in [1.165, 1.54) is 0 Å². The maximum absolute atomic E-state index is 11.2. The first-order chi connectivity index (χ1) is 6.70. The smallest absolute Gasteiger partial charge is 0.246 e. The van der Waals surface area contributed by atoms with Crippen LogP contribution < -0.4 is 5.32 Å². The Kier molecular flexibility index (Phi) is 9.19. The van der Waals surface area contributed by atoms with Crippen LogP contribution in [0.1, 0.15) is 27.2 Å². The van der Waals surface area contributed by atoms with Gasteiger partial charge in [0.15, 0.2) is 0 Å². The van der Waals surface area contributed by atoms with Crippen LogP contribution in [0.4, 0.5) is 0 Å². The van der Waals surface area contributed by atoms with Gasteiger partial charge in [0.25, 0.3) is 0 Å². The Labute approximate surface area is 91.0 Å². The van der Waals surface area contributed by atoms with Crippen molar-refractivity contribution < 1.29 is 9.53 Å². The number of nitrogens with one attached hydrogen (secondary N) is 1. The summed E-state index contributed by atoms with van der Waals surface area (Å²) in [5.74, 6) is 2.05. The lowest BCUT2D eigenvalue weighted by molar-refractivity contribution is -0.126. The van der Waals surface area contributed by atoms with Crippen molar-refractivity contribution >= 4 is 17.7 Å². The molecule has 0 saturated carbocycles. The number of thioether (sulfide) groups is 1. The molecule has 0 radical (unpaired) electrons. The minimum atomic E-state index is -0.0114. The summed E-state index contributed by atoms with van der Waals surface area (Å²) in [7, 11) is 0. The van der Waals surface area contributed by atoms with Gasteiger partial charge < -0.3 is 10.1 Å². The topological polar surface area (TPSA) is 38.3 Å². The van der Waals surface area contributed by atoms with Crippen LogP contribution in [0.5, 0.6) is 0 Å². The monoisotopic (exact) mass is 219 g/mol. The fraction of sp³-hybridized carbons (Fsp3) is 0.900. The summed E-state index contributed by atoms with van der Waals surface area (Å²) in [5.41, 5.74) is 0. The molecule has 0 aliphatic heterocycles. The number of rotatable bonds is 8. The first kappa shape index (κ1) is 13.8. The third-order valence-electron chi connectivity index (χ3n) is 1.56. The number of hydrogen-bond acceptors (Lipinski definition) is 3. The third kappa shape index (κ3) is 8.38. The van der Waals surface area contributed by atoms with Gasteiger partial charge in [0.1, 0.15) is 6.61 Å². The van der Waals surface area contributed by atoms with Crippen LogP contribution in [-0.4, -0.2) is 36.7 Å². The Balaban J connectivity index is 3.40. The summed E-state index contributed by atoms with van der Waals surface area (Å²) < 4.78 is 5.13. The predicted molar refractivity (Wildman–Crippen MR) is 61.7 cm³/mol. The molecular weight excluding hydrogens is 198 g/mol. The highest BCUT2D eigenvalue weighted by atomic mass is 32.2. The molecule has 84 valence electrons. The van der Waals surface area contributed by atoms with Crippen molar-refractivity contribution in [3.8, 4) is 0 Å². The van der Waals surface area contributed by atoms with Gasteiger partial charge in [-0.05, 0) is 19.1 Å². The van der Waals surface area contributed by atoms with Crippen molar-refractivity contribution in [3.05, 3.63) is 0 Å². The molecule has 0 saturated heterocycles. The fourth-order valence-corrected chi connectivity index (χ4v) is 1.63. The molecule has 0 aromatic rings. The molecule has 14 heavy (non-hydrogen) atoms. The molecule has 1 amide bonds. The van der Waals surface area contributed by atoms with Crippen LogP contribution >= 0.6 is 11.8 Å². The van der Waals surface area contributed by atoms with Crippen molar-refractivity contribution in [2.75, 3.05) is 24.7 Å². The summed E-state index contributed by atoms with van der Waals surface area (Å²) in [6.45, 7) is 7.00. The lowest BCUT2D eigenvalue weighted by atomic mass is 10.4. The Hall–Kier alpha value is -0.220. The van der Waals surface area contributed by atoms with Gasteiger partial charge in [0.2, 0.25) is 5.91 Å². The van der Waals surface area contributed by atoms with Crippen LogP contribution in [0.15, 0.2) is 0 Å². The zero-order valence-electron chi connectivity index (χ0n) is 9.34. The maximum Gasteiger partial charge on any atom is 0.246 e. The number of carbonyl (C=O) groups is 1. The van der Waals surface area contributed by atoms with E-state index in [9.17, 15) is 4.79 Å². The van der Waals surface area contributed by atoms with Crippen LogP contribution in [0.3, 0.4) is 0 Å². The molecule has 0 aromatic heterocycles. The number of ether oxygens (including phenoxy) is 1. The van der Waals surface area contributed by atoms with Crippen molar-refractivity contribution in [3.63, 3.8) is 0 Å². The number of carbonyl (C=O) groups excluding carboxylic acids is 1. The van der Waals surface area contributed by atoms with E-state index < -0.39 is 0 Å². The third-order valence-corrected chi connectivity index (χ3v) is 2.70. The van der Waals surface area contributed by atoms with Crippen LogP contribution in [0.2, 0.25) is 0 Å². The predicted octanol–water partition coefficient (Wildman–Crippen LogP) is 1.67. The Bertz CT molecular complexity index is 153. The molecule has 0 aliphatic carbocycles. The summed E-state index contributed by atoms with van der Waals surface area (Å²) in [4.78, 5) is 11.2. The summed E-state index contributed by atoms with van der Waals surface area (Å²) in [6, 6.07) is 0.234. The Morgan fingerprint density at radius 1 is 1.50 bits per heavy atom. The molecule has 4 heteroatoms. The second kappa shape index (κ2) is 9.34. The highest BCUT2D eigenvalue weighted by Gasteiger charge is 2.06. The standard InChI is InChI=1S/C10H21NO2S/c1-4-6-13-7-10(12)11-9(3)8-14-5-2/h9H,4-8H2,1-3H3,(H,11,12). The second-order valence-electron chi connectivity index (χ2n) is 3.18. The van der Waals surface area contributed by atoms with E-state index in [1.807, 2.05) is 25.6 Å². The fourth-order valence-electron chi connectivity index (χ4n) is 0.962. The van der Waals surface area contributed by atoms with Gasteiger partial charge in [-0.25, -0.2) is 0 Å². The Morgan fingerprint density at radius 3 is 2.79 bits per heavy atom. The molecule has 0 rings (SSSR count). The molecule has 1 unspecified atom stereocenters. The molecule has 0 spiro atoms. The van der Waals surface area contributed by atoms with E-state index in [0.717, 1.165) is 17.9 Å². The number of hydrogen-bond donors (Lipinski definition) is 1. The van der Waals surface area contributed by atoms with Crippen molar-refractivity contribution in [1.82, 2.24) is 5.32 Å². The molecule has 1 N–H and O–H groups in total. The molecule has 0 aromatic carbocycles. The molecule has 1 atom stereocenters. The molecule has 0 bridgehead atoms. The van der Waals surface area contributed by atoms with Gasteiger partial charge in [0.05, 0.1) is 0 Å². The van der Waals surface area contributed by atoms with E-state index in [4.69, 9.17) is 4.74 Å². The van der Waals surface area contributed by atoms with Gasteiger partial charge in [-0.3, -0.25) is 4.79 Å². The van der Waals surface area contributed by atoms with E-state index in [1.54, 1.807) is 0 Å². The first-order valence-electron chi connectivity index (χ1n) is 5.15. The number of amides is 1. The van der Waals surface area contributed by atoms with E-state index in [2.05, 4.69) is 12.2 Å². The van der Waals surface area contributed by atoms with Crippen LogP contribution in [0.25, 0.3) is 0 Å². The minimum absolute atomic E-state index is 0.0114. The van der Waals surface area contributed by atoms with Gasteiger partial charge in [-0.2, -0.15) is 11.8 Å². The lowest BCUT2D eigenvalue weighted by Crippen LogP contribution is -2.36. The highest BCUT2D eigenvalue weighted by molar-refractivity contribution is 7.99. The Morgan fingerprint density at radius 2 is 2.21 bits per heavy atom. The van der Waals surface area contributed by atoms with Gasteiger partial charge >= 0.3 is 0 Å². The second-order valence-corrected chi connectivity index (χ2v) is 4.50. The molecule has 0 aliphatic rings. The highest BCUT2D eigenvalue weighted by Crippen LogP contribution is 2.00.